The maximum Gasteiger partial charge on any atom is 0.335 e. The van der Waals surface area contributed by atoms with Gasteiger partial charge in [-0.25, -0.2) is 14.2 Å². The van der Waals surface area contributed by atoms with Gasteiger partial charge in [-0.15, -0.1) is 0 Å². The molecule has 18 heavy (non-hydrogen) atoms. The van der Waals surface area contributed by atoms with Crippen molar-refractivity contribution in [2.45, 2.75) is 9.92 Å². The normalized spacial score (nSPS) is 10.3. The van der Waals surface area contributed by atoms with Gasteiger partial charge in [-0.3, -0.25) is 4.79 Å². The molecule has 1 aromatic heterocycles. The number of carboxylic acid groups (broad SMARTS) is 1. The van der Waals surface area contributed by atoms with E-state index in [0.29, 0.717) is 0 Å². The zero-order valence-corrected chi connectivity index (χ0v) is 9.70. The van der Waals surface area contributed by atoms with Gasteiger partial charge < -0.3 is 10.1 Å². The van der Waals surface area contributed by atoms with E-state index in [9.17, 15) is 14.0 Å². The highest BCUT2D eigenvalue weighted by atomic mass is 32.2. The molecule has 0 radical (unpaired) electrons. The largest absolute Gasteiger partial charge is 0.478 e. The molecule has 2 rings (SSSR count). The second-order valence-corrected chi connectivity index (χ2v) is 4.31. The Hall–Kier alpha value is -2.15. The number of carboxylic acids is 1. The Morgan fingerprint density at radius 2 is 2.22 bits per heavy atom. The van der Waals surface area contributed by atoms with Crippen LogP contribution in [0, 0.1) is 5.82 Å². The topological polar surface area (TPSA) is 83.0 Å². The van der Waals surface area contributed by atoms with E-state index in [4.69, 9.17) is 5.11 Å². The number of aromatic nitrogens is 2. The van der Waals surface area contributed by atoms with E-state index in [1.165, 1.54) is 12.4 Å². The van der Waals surface area contributed by atoms with Crippen LogP contribution in [0.1, 0.15) is 10.4 Å². The van der Waals surface area contributed by atoms with E-state index in [-0.39, 0.29) is 15.5 Å². The molecule has 2 N–H and O–H groups in total. The summed E-state index contributed by atoms with van der Waals surface area (Å²) in [4.78, 5) is 28.4. The molecular weight excluding hydrogens is 259 g/mol. The Balaban J connectivity index is 2.40. The number of H-pyrrole nitrogens is 1. The average molecular weight is 266 g/mol. The number of aromatic amines is 1. The summed E-state index contributed by atoms with van der Waals surface area (Å²) in [6.45, 7) is 0. The highest BCUT2D eigenvalue weighted by Crippen LogP contribution is 2.27. The lowest BCUT2D eigenvalue weighted by Crippen LogP contribution is -2.08. The summed E-state index contributed by atoms with van der Waals surface area (Å²) in [5.41, 5.74) is -0.506. The number of aromatic carboxylic acids is 1. The molecule has 0 saturated carbocycles. The van der Waals surface area contributed by atoms with Gasteiger partial charge in [0, 0.05) is 12.4 Å². The number of carbonyl (C=O) groups is 1. The van der Waals surface area contributed by atoms with Crippen LogP contribution in [0.4, 0.5) is 4.39 Å². The highest BCUT2D eigenvalue weighted by molar-refractivity contribution is 7.99. The fourth-order valence-electron chi connectivity index (χ4n) is 1.23. The molecule has 5 nitrogen and oxygen atoms in total. The number of nitrogens with zero attached hydrogens (tertiary/aromatic N) is 1. The minimum Gasteiger partial charge on any atom is -0.478 e. The van der Waals surface area contributed by atoms with Gasteiger partial charge in [0.2, 0.25) is 0 Å². The summed E-state index contributed by atoms with van der Waals surface area (Å²) in [5, 5.41) is 8.86. The molecule has 0 aliphatic carbocycles. The standard InChI is InChI=1S/C11H7FN2O3S/c12-7-2-1-6(11(16)17)5-8(7)18-10-9(15)13-3-4-14-10/h1-5H,(H,13,15)(H,16,17). The number of nitrogens with one attached hydrogen (secondary N) is 1. The van der Waals surface area contributed by atoms with Gasteiger partial charge in [-0.2, -0.15) is 0 Å². The first-order chi connectivity index (χ1) is 8.58. The van der Waals surface area contributed by atoms with Gasteiger partial charge in [0.05, 0.1) is 10.5 Å². The summed E-state index contributed by atoms with van der Waals surface area (Å²) in [5.74, 6) is -1.76. The van der Waals surface area contributed by atoms with E-state index in [0.717, 1.165) is 30.0 Å². The SMILES string of the molecule is O=C(O)c1ccc(F)c(Sc2ncc[nH]c2=O)c1. The van der Waals surface area contributed by atoms with Crippen molar-refractivity contribution in [3.63, 3.8) is 0 Å². The monoisotopic (exact) mass is 266 g/mol. The minimum atomic E-state index is -1.16. The molecule has 0 aliphatic heterocycles. The first-order valence-corrected chi connectivity index (χ1v) is 5.64. The van der Waals surface area contributed by atoms with Crippen LogP contribution in [0.15, 0.2) is 45.3 Å². The molecule has 2 aromatic rings. The minimum absolute atomic E-state index is 0.0408. The van der Waals surface area contributed by atoms with Gasteiger partial charge in [-0.05, 0) is 18.2 Å². The predicted octanol–water partition coefficient (Wildman–Crippen LogP) is 1.76. The summed E-state index contributed by atoms with van der Waals surface area (Å²) in [6.07, 6.45) is 2.72. The van der Waals surface area contributed by atoms with E-state index >= 15 is 0 Å². The molecule has 0 atom stereocenters. The van der Waals surface area contributed by atoms with Crippen molar-refractivity contribution in [2.75, 3.05) is 0 Å². The first-order valence-electron chi connectivity index (χ1n) is 4.82. The Kier molecular flexibility index (Phi) is 3.42. The predicted molar refractivity (Wildman–Crippen MR) is 62.3 cm³/mol. The quantitative estimate of drug-likeness (QED) is 0.884. The summed E-state index contributed by atoms with van der Waals surface area (Å²) in [7, 11) is 0. The molecule has 0 amide bonds. The van der Waals surface area contributed by atoms with E-state index in [1.807, 2.05) is 0 Å². The second kappa shape index (κ2) is 5.01. The van der Waals surface area contributed by atoms with Gasteiger partial charge in [-0.1, -0.05) is 11.8 Å². The van der Waals surface area contributed by atoms with Gasteiger partial charge >= 0.3 is 5.97 Å². The van der Waals surface area contributed by atoms with Crippen LogP contribution >= 0.6 is 11.8 Å². The summed E-state index contributed by atoms with van der Waals surface area (Å²) in [6, 6.07) is 3.36. The fourth-order valence-corrected chi connectivity index (χ4v) is 2.05. The first kappa shape index (κ1) is 12.3. The Morgan fingerprint density at radius 1 is 1.44 bits per heavy atom. The van der Waals surface area contributed by atoms with Crippen LogP contribution in [0.25, 0.3) is 0 Å². The number of hydrogen-bond donors (Lipinski definition) is 2. The van der Waals surface area contributed by atoms with Crippen LogP contribution in [0.3, 0.4) is 0 Å². The van der Waals surface area contributed by atoms with Crippen molar-refractivity contribution in [1.29, 1.82) is 0 Å². The zero-order valence-electron chi connectivity index (χ0n) is 8.88. The van der Waals surface area contributed by atoms with E-state index < -0.39 is 17.3 Å². The third-order valence-corrected chi connectivity index (χ3v) is 3.08. The summed E-state index contributed by atoms with van der Waals surface area (Å²) < 4.78 is 13.5. The van der Waals surface area contributed by atoms with Crippen molar-refractivity contribution in [1.82, 2.24) is 9.97 Å². The number of rotatable bonds is 3. The number of benzene rings is 1. The maximum atomic E-state index is 13.5. The molecule has 0 spiro atoms. The van der Waals surface area contributed by atoms with Crippen molar-refractivity contribution >= 4 is 17.7 Å². The zero-order chi connectivity index (χ0) is 13.1. The average Bonchev–Trinajstić information content (AvgIpc) is 2.34. The Morgan fingerprint density at radius 3 is 2.89 bits per heavy atom. The van der Waals surface area contributed by atoms with Crippen LogP contribution in [0.5, 0.6) is 0 Å². The molecule has 0 aliphatic rings. The molecule has 0 unspecified atom stereocenters. The molecular formula is C11H7FN2O3S. The molecule has 92 valence electrons. The number of hydrogen-bond acceptors (Lipinski definition) is 4. The Bertz CT molecular complexity index is 657. The van der Waals surface area contributed by atoms with Gasteiger partial charge in [0.25, 0.3) is 5.56 Å². The van der Waals surface area contributed by atoms with Gasteiger partial charge in [0.1, 0.15) is 5.82 Å². The van der Waals surface area contributed by atoms with Crippen LogP contribution < -0.4 is 5.56 Å². The van der Waals surface area contributed by atoms with E-state index in [2.05, 4.69) is 9.97 Å². The Labute approximate surface area is 105 Å². The fraction of sp³-hybridized carbons (Fsp3) is 0. The third kappa shape index (κ3) is 2.57. The van der Waals surface area contributed by atoms with E-state index in [1.54, 1.807) is 0 Å². The van der Waals surface area contributed by atoms with Crippen molar-refractivity contribution < 1.29 is 14.3 Å². The number of halogens is 1. The van der Waals surface area contributed by atoms with Crippen molar-refractivity contribution in [3.8, 4) is 0 Å². The lowest BCUT2D eigenvalue weighted by Gasteiger charge is -2.03. The van der Waals surface area contributed by atoms with Crippen LogP contribution in [-0.4, -0.2) is 21.0 Å². The molecule has 7 heteroatoms. The van der Waals surface area contributed by atoms with Crippen molar-refractivity contribution in [2.24, 2.45) is 0 Å². The maximum absolute atomic E-state index is 13.5. The highest BCUT2D eigenvalue weighted by Gasteiger charge is 2.11. The van der Waals surface area contributed by atoms with Crippen LogP contribution in [0.2, 0.25) is 0 Å². The molecule has 1 aromatic carbocycles. The lowest BCUT2D eigenvalue weighted by atomic mass is 10.2. The molecule has 1 heterocycles. The third-order valence-electron chi connectivity index (χ3n) is 2.06. The lowest BCUT2D eigenvalue weighted by molar-refractivity contribution is 0.0696. The smallest absolute Gasteiger partial charge is 0.335 e. The second-order valence-electron chi connectivity index (χ2n) is 3.28. The molecule has 0 saturated heterocycles. The van der Waals surface area contributed by atoms with Crippen LogP contribution in [-0.2, 0) is 0 Å². The molecule has 0 bridgehead atoms. The molecule has 0 fully saturated rings. The van der Waals surface area contributed by atoms with Crippen molar-refractivity contribution in [3.05, 3.63) is 52.3 Å². The van der Waals surface area contributed by atoms with Gasteiger partial charge in [0.15, 0.2) is 5.03 Å². The summed E-state index contributed by atoms with van der Waals surface area (Å²) >= 11 is 0.779.